The molecule has 1 N–H and O–H groups in total. The predicted octanol–water partition coefficient (Wildman–Crippen LogP) is 2.43. The van der Waals surface area contributed by atoms with E-state index in [0.717, 1.165) is 64.8 Å². The normalized spacial score (nSPS) is 26.2. The molecule has 0 radical (unpaired) electrons. The van der Waals surface area contributed by atoms with Gasteiger partial charge in [0.25, 0.3) is 0 Å². The average Bonchev–Trinajstić information content (AvgIpc) is 3.05. The molecule has 0 unspecified atom stereocenters. The van der Waals surface area contributed by atoms with Crippen molar-refractivity contribution in [2.45, 2.75) is 52.4 Å². The smallest absolute Gasteiger partial charge is 0.223 e. The maximum Gasteiger partial charge on any atom is 0.223 e. The summed E-state index contributed by atoms with van der Waals surface area (Å²) in [6.07, 6.45) is 8.35. The molecule has 2 aliphatic rings. The van der Waals surface area contributed by atoms with Gasteiger partial charge < -0.3 is 14.9 Å². The molecule has 0 aliphatic carbocycles. The summed E-state index contributed by atoms with van der Waals surface area (Å²) in [4.78, 5) is 16.6. The van der Waals surface area contributed by atoms with Gasteiger partial charge in [-0.25, -0.2) is 0 Å². The van der Waals surface area contributed by atoms with Crippen LogP contribution in [0.1, 0.15) is 52.4 Å². The quantitative estimate of drug-likeness (QED) is 0.767. The number of aliphatic hydroxyl groups is 1. The molecule has 0 aromatic carbocycles. The van der Waals surface area contributed by atoms with Crippen LogP contribution in [0.15, 0.2) is 11.6 Å². The zero-order valence-electron chi connectivity index (χ0n) is 14.3. The van der Waals surface area contributed by atoms with Crippen molar-refractivity contribution in [1.29, 1.82) is 0 Å². The molecular weight excluding hydrogens is 276 g/mol. The van der Waals surface area contributed by atoms with Crippen LogP contribution in [-0.4, -0.2) is 60.1 Å². The van der Waals surface area contributed by atoms with E-state index >= 15 is 0 Å². The Kier molecular flexibility index (Phi) is 6.45. The highest BCUT2D eigenvalue weighted by Gasteiger charge is 2.34. The molecule has 1 atom stereocenters. The second kappa shape index (κ2) is 8.11. The lowest BCUT2D eigenvalue weighted by molar-refractivity contribution is -0.130. The highest BCUT2D eigenvalue weighted by Crippen LogP contribution is 2.34. The van der Waals surface area contributed by atoms with Gasteiger partial charge in [-0.05, 0) is 52.5 Å². The second-order valence-corrected chi connectivity index (χ2v) is 7.36. The lowest BCUT2D eigenvalue weighted by Gasteiger charge is -2.41. The number of hydrogen-bond donors (Lipinski definition) is 1. The van der Waals surface area contributed by atoms with Gasteiger partial charge in [0.2, 0.25) is 5.91 Å². The number of allylic oxidation sites excluding steroid dienone is 2. The summed E-state index contributed by atoms with van der Waals surface area (Å²) in [7, 11) is 0. The Morgan fingerprint density at radius 2 is 1.91 bits per heavy atom. The lowest BCUT2D eigenvalue weighted by atomic mass is 9.77. The molecule has 2 heterocycles. The third-order valence-electron chi connectivity index (χ3n) is 5.12. The van der Waals surface area contributed by atoms with E-state index in [1.165, 1.54) is 5.57 Å². The standard InChI is InChI=1S/C18H32N2O2/c1-16(2)6-9-18(15-21)8-5-10-19(14-18)13-7-17(22)20-11-3-4-12-20/h6,21H,3-5,7-15H2,1-2H3/t18-/m0/s1. The number of piperidine rings is 1. The van der Waals surface area contributed by atoms with Crippen LogP contribution in [0.4, 0.5) is 0 Å². The number of nitrogens with zero attached hydrogens (tertiary/aromatic N) is 2. The van der Waals surface area contributed by atoms with Gasteiger partial charge in [-0.3, -0.25) is 4.79 Å². The SMILES string of the molecule is CC(C)=CC[C@@]1(CO)CCCN(CCC(=O)N2CCCC2)C1. The molecule has 2 rings (SSSR count). The van der Waals surface area contributed by atoms with Crippen LogP contribution in [0.25, 0.3) is 0 Å². The lowest BCUT2D eigenvalue weighted by Crippen LogP contribution is -2.46. The molecule has 2 aliphatic heterocycles. The van der Waals surface area contributed by atoms with Crippen LogP contribution in [0, 0.1) is 5.41 Å². The molecule has 2 fully saturated rings. The summed E-state index contributed by atoms with van der Waals surface area (Å²) in [5.74, 6) is 0.307. The van der Waals surface area contributed by atoms with Crippen LogP contribution >= 0.6 is 0 Å². The number of hydrogen-bond acceptors (Lipinski definition) is 3. The first kappa shape index (κ1) is 17.5. The zero-order valence-corrected chi connectivity index (χ0v) is 14.3. The zero-order chi connectivity index (χ0) is 16.0. The van der Waals surface area contributed by atoms with E-state index in [2.05, 4.69) is 24.8 Å². The maximum atomic E-state index is 12.2. The number of carbonyl (C=O) groups is 1. The van der Waals surface area contributed by atoms with Crippen molar-refractivity contribution < 1.29 is 9.90 Å². The minimum absolute atomic E-state index is 0.00773. The van der Waals surface area contributed by atoms with Crippen molar-refractivity contribution in [3.8, 4) is 0 Å². The highest BCUT2D eigenvalue weighted by molar-refractivity contribution is 5.76. The van der Waals surface area contributed by atoms with Crippen molar-refractivity contribution in [1.82, 2.24) is 9.80 Å². The summed E-state index contributed by atoms with van der Waals surface area (Å²) in [5, 5.41) is 9.89. The third-order valence-corrected chi connectivity index (χ3v) is 5.12. The van der Waals surface area contributed by atoms with Crippen molar-refractivity contribution >= 4 is 5.91 Å². The molecule has 0 saturated carbocycles. The summed E-state index contributed by atoms with van der Waals surface area (Å²) < 4.78 is 0. The number of carbonyl (C=O) groups excluding carboxylic acids is 1. The van der Waals surface area contributed by atoms with Gasteiger partial charge in [-0.15, -0.1) is 0 Å². The summed E-state index contributed by atoms with van der Waals surface area (Å²) in [6, 6.07) is 0. The van der Waals surface area contributed by atoms with E-state index in [4.69, 9.17) is 0 Å². The molecule has 0 aromatic rings. The monoisotopic (exact) mass is 308 g/mol. The van der Waals surface area contributed by atoms with Crippen LogP contribution in [-0.2, 0) is 4.79 Å². The van der Waals surface area contributed by atoms with E-state index in [9.17, 15) is 9.90 Å². The fourth-order valence-electron chi connectivity index (χ4n) is 3.66. The minimum atomic E-state index is -0.00773. The molecule has 1 amide bonds. The molecule has 4 heteroatoms. The van der Waals surface area contributed by atoms with E-state index < -0.39 is 0 Å². The predicted molar refractivity (Wildman–Crippen MR) is 89.7 cm³/mol. The van der Waals surface area contributed by atoms with Crippen LogP contribution in [0.5, 0.6) is 0 Å². The van der Waals surface area contributed by atoms with Gasteiger partial charge in [-0.1, -0.05) is 11.6 Å². The van der Waals surface area contributed by atoms with Gasteiger partial charge in [-0.2, -0.15) is 0 Å². The molecule has 2 saturated heterocycles. The van der Waals surface area contributed by atoms with E-state index in [-0.39, 0.29) is 12.0 Å². The first-order chi connectivity index (χ1) is 10.5. The Labute approximate surface area is 135 Å². The van der Waals surface area contributed by atoms with Crippen molar-refractivity contribution in [3.05, 3.63) is 11.6 Å². The summed E-state index contributed by atoms with van der Waals surface area (Å²) in [5.41, 5.74) is 1.31. The van der Waals surface area contributed by atoms with Crippen LogP contribution in [0.2, 0.25) is 0 Å². The maximum absolute atomic E-state index is 12.2. The van der Waals surface area contributed by atoms with E-state index in [0.29, 0.717) is 12.3 Å². The first-order valence-electron chi connectivity index (χ1n) is 8.79. The van der Waals surface area contributed by atoms with Crippen LogP contribution < -0.4 is 0 Å². The van der Waals surface area contributed by atoms with Crippen LogP contribution in [0.3, 0.4) is 0 Å². The first-order valence-corrected chi connectivity index (χ1v) is 8.79. The Hall–Kier alpha value is -0.870. The number of aliphatic hydroxyl groups excluding tert-OH is 1. The fourth-order valence-corrected chi connectivity index (χ4v) is 3.66. The van der Waals surface area contributed by atoms with Gasteiger partial charge in [0, 0.05) is 38.0 Å². The Morgan fingerprint density at radius 1 is 1.18 bits per heavy atom. The fraction of sp³-hybridized carbons (Fsp3) is 0.833. The minimum Gasteiger partial charge on any atom is -0.396 e. The Morgan fingerprint density at radius 3 is 2.55 bits per heavy atom. The average molecular weight is 308 g/mol. The van der Waals surface area contributed by atoms with Crippen molar-refractivity contribution in [2.75, 3.05) is 39.3 Å². The van der Waals surface area contributed by atoms with E-state index in [1.54, 1.807) is 0 Å². The second-order valence-electron chi connectivity index (χ2n) is 7.36. The molecule has 0 bridgehead atoms. The summed E-state index contributed by atoms with van der Waals surface area (Å²) in [6.45, 7) is 9.17. The van der Waals surface area contributed by atoms with Gasteiger partial charge in [0.15, 0.2) is 0 Å². The molecule has 4 nitrogen and oxygen atoms in total. The molecular formula is C18H32N2O2. The summed E-state index contributed by atoms with van der Waals surface area (Å²) >= 11 is 0. The highest BCUT2D eigenvalue weighted by atomic mass is 16.3. The van der Waals surface area contributed by atoms with Crippen molar-refractivity contribution in [2.24, 2.45) is 5.41 Å². The Bertz CT molecular complexity index is 398. The number of likely N-dealkylation sites (tertiary alicyclic amines) is 2. The molecule has 126 valence electrons. The van der Waals surface area contributed by atoms with Gasteiger partial charge >= 0.3 is 0 Å². The topological polar surface area (TPSA) is 43.8 Å². The van der Waals surface area contributed by atoms with Crippen molar-refractivity contribution in [3.63, 3.8) is 0 Å². The van der Waals surface area contributed by atoms with Gasteiger partial charge in [0.1, 0.15) is 0 Å². The van der Waals surface area contributed by atoms with E-state index in [1.807, 2.05) is 4.90 Å². The Balaban J connectivity index is 1.83. The number of amides is 1. The molecule has 0 aromatic heterocycles. The molecule has 22 heavy (non-hydrogen) atoms. The largest absolute Gasteiger partial charge is 0.396 e. The number of rotatable bonds is 6. The van der Waals surface area contributed by atoms with Gasteiger partial charge in [0.05, 0.1) is 6.61 Å². The third kappa shape index (κ3) is 4.82. The molecule has 0 spiro atoms.